The van der Waals surface area contributed by atoms with Crippen molar-refractivity contribution in [1.29, 1.82) is 0 Å². The van der Waals surface area contributed by atoms with Gasteiger partial charge in [-0.25, -0.2) is 4.39 Å². The van der Waals surface area contributed by atoms with E-state index in [2.05, 4.69) is 50.4 Å². The minimum absolute atomic E-state index is 0.0895. The standard InChI is InChI=1S/C18H20FNO/c1-18(2,3)13-6-4-12(5-7-13)17-11-20-15-9-8-14(19)10-16(15)21-17/h4-10,17,20H,11H2,1-3H3. The van der Waals surface area contributed by atoms with Gasteiger partial charge in [0.15, 0.2) is 0 Å². The van der Waals surface area contributed by atoms with Crippen molar-refractivity contribution in [2.45, 2.75) is 32.3 Å². The van der Waals surface area contributed by atoms with Crippen molar-refractivity contribution < 1.29 is 9.13 Å². The summed E-state index contributed by atoms with van der Waals surface area (Å²) in [6.07, 6.45) is -0.0895. The highest BCUT2D eigenvalue weighted by Gasteiger charge is 2.22. The molecule has 0 aromatic heterocycles. The second kappa shape index (κ2) is 5.06. The molecule has 0 amide bonds. The largest absolute Gasteiger partial charge is 0.482 e. The van der Waals surface area contributed by atoms with Gasteiger partial charge in [0.25, 0.3) is 0 Å². The lowest BCUT2D eigenvalue weighted by Gasteiger charge is -2.28. The number of ether oxygens (including phenoxy) is 1. The summed E-state index contributed by atoms with van der Waals surface area (Å²) in [6.45, 7) is 7.27. The molecule has 1 N–H and O–H groups in total. The zero-order valence-corrected chi connectivity index (χ0v) is 12.6. The highest BCUT2D eigenvalue weighted by molar-refractivity contribution is 5.58. The SMILES string of the molecule is CC(C)(C)c1ccc(C2CNc3ccc(F)cc3O2)cc1. The number of fused-ring (bicyclic) bond motifs is 1. The third kappa shape index (κ3) is 2.87. The summed E-state index contributed by atoms with van der Waals surface area (Å²) >= 11 is 0. The molecule has 2 aromatic carbocycles. The lowest BCUT2D eigenvalue weighted by Crippen LogP contribution is -2.23. The Hall–Kier alpha value is -2.03. The molecule has 0 bridgehead atoms. The Morgan fingerprint density at radius 1 is 1.10 bits per heavy atom. The second-order valence-electron chi connectivity index (χ2n) is 6.50. The number of rotatable bonds is 1. The van der Waals surface area contributed by atoms with Crippen LogP contribution in [0, 0.1) is 5.82 Å². The maximum Gasteiger partial charge on any atom is 0.146 e. The fourth-order valence-corrected chi connectivity index (χ4v) is 2.52. The van der Waals surface area contributed by atoms with Crippen molar-refractivity contribution in [3.8, 4) is 5.75 Å². The van der Waals surface area contributed by atoms with Gasteiger partial charge in [0.05, 0.1) is 12.2 Å². The fourth-order valence-electron chi connectivity index (χ4n) is 2.52. The molecule has 1 heterocycles. The predicted octanol–water partition coefficient (Wildman–Crippen LogP) is 4.67. The van der Waals surface area contributed by atoms with E-state index in [4.69, 9.17) is 4.74 Å². The minimum atomic E-state index is -0.278. The van der Waals surface area contributed by atoms with E-state index in [1.54, 1.807) is 6.07 Å². The van der Waals surface area contributed by atoms with Crippen LogP contribution in [-0.2, 0) is 5.41 Å². The zero-order valence-electron chi connectivity index (χ0n) is 12.6. The maximum absolute atomic E-state index is 13.3. The molecule has 0 fully saturated rings. The average Bonchev–Trinajstić information content (AvgIpc) is 2.45. The first kappa shape index (κ1) is 13.9. The van der Waals surface area contributed by atoms with Crippen LogP contribution in [-0.4, -0.2) is 6.54 Å². The molecule has 3 heteroatoms. The molecule has 21 heavy (non-hydrogen) atoms. The number of hydrogen-bond donors (Lipinski definition) is 1. The lowest BCUT2D eigenvalue weighted by atomic mass is 9.86. The molecule has 3 rings (SSSR count). The van der Waals surface area contributed by atoms with Gasteiger partial charge < -0.3 is 10.1 Å². The van der Waals surface area contributed by atoms with Crippen LogP contribution in [0.3, 0.4) is 0 Å². The summed E-state index contributed by atoms with van der Waals surface area (Å²) in [5, 5.41) is 3.29. The average molecular weight is 285 g/mol. The van der Waals surface area contributed by atoms with Crippen LogP contribution >= 0.6 is 0 Å². The third-order valence-corrected chi connectivity index (χ3v) is 3.84. The Morgan fingerprint density at radius 2 is 1.81 bits per heavy atom. The van der Waals surface area contributed by atoms with E-state index in [1.165, 1.54) is 17.7 Å². The van der Waals surface area contributed by atoms with Crippen LogP contribution in [0.25, 0.3) is 0 Å². The van der Waals surface area contributed by atoms with Gasteiger partial charge in [0.1, 0.15) is 17.7 Å². The third-order valence-electron chi connectivity index (χ3n) is 3.84. The molecule has 1 atom stereocenters. The number of benzene rings is 2. The Kier molecular flexibility index (Phi) is 3.36. The molecule has 0 saturated carbocycles. The van der Waals surface area contributed by atoms with E-state index >= 15 is 0 Å². The van der Waals surface area contributed by atoms with Gasteiger partial charge in [-0.15, -0.1) is 0 Å². The van der Waals surface area contributed by atoms with Crippen molar-refractivity contribution in [2.75, 3.05) is 11.9 Å². The summed E-state index contributed by atoms with van der Waals surface area (Å²) in [7, 11) is 0. The lowest BCUT2D eigenvalue weighted by molar-refractivity contribution is 0.209. The van der Waals surface area contributed by atoms with Crippen LogP contribution in [0.1, 0.15) is 38.0 Å². The van der Waals surface area contributed by atoms with Crippen molar-refractivity contribution >= 4 is 5.69 Å². The summed E-state index contributed by atoms with van der Waals surface area (Å²) in [4.78, 5) is 0. The molecular weight excluding hydrogens is 265 g/mol. The van der Waals surface area contributed by atoms with Gasteiger partial charge in [-0.05, 0) is 28.7 Å². The minimum Gasteiger partial charge on any atom is -0.482 e. The van der Waals surface area contributed by atoms with Gasteiger partial charge in [-0.3, -0.25) is 0 Å². The van der Waals surface area contributed by atoms with E-state index in [-0.39, 0.29) is 17.3 Å². The molecule has 0 aliphatic carbocycles. The first-order valence-corrected chi connectivity index (χ1v) is 7.24. The number of hydrogen-bond acceptors (Lipinski definition) is 2. The van der Waals surface area contributed by atoms with Crippen molar-refractivity contribution in [2.24, 2.45) is 0 Å². The van der Waals surface area contributed by atoms with Gasteiger partial charge in [-0.2, -0.15) is 0 Å². The molecule has 0 spiro atoms. The number of anilines is 1. The molecule has 1 aliphatic rings. The van der Waals surface area contributed by atoms with Crippen LogP contribution < -0.4 is 10.1 Å². The van der Waals surface area contributed by atoms with E-state index < -0.39 is 0 Å². The molecule has 1 aliphatic heterocycles. The predicted molar refractivity (Wildman–Crippen MR) is 83.4 cm³/mol. The van der Waals surface area contributed by atoms with E-state index in [0.717, 1.165) is 11.3 Å². The first-order valence-electron chi connectivity index (χ1n) is 7.24. The zero-order chi connectivity index (χ0) is 15.0. The maximum atomic E-state index is 13.3. The smallest absolute Gasteiger partial charge is 0.146 e. The van der Waals surface area contributed by atoms with Crippen LogP contribution in [0.2, 0.25) is 0 Å². The molecule has 0 radical (unpaired) electrons. The topological polar surface area (TPSA) is 21.3 Å². The van der Waals surface area contributed by atoms with Crippen LogP contribution in [0.4, 0.5) is 10.1 Å². The molecule has 2 aromatic rings. The molecule has 110 valence electrons. The molecule has 2 nitrogen and oxygen atoms in total. The van der Waals surface area contributed by atoms with Gasteiger partial charge in [0.2, 0.25) is 0 Å². The Morgan fingerprint density at radius 3 is 2.48 bits per heavy atom. The first-order chi connectivity index (χ1) is 9.93. The Bertz CT molecular complexity index is 643. The van der Waals surface area contributed by atoms with Crippen LogP contribution in [0.15, 0.2) is 42.5 Å². The van der Waals surface area contributed by atoms with Gasteiger partial charge in [-0.1, -0.05) is 45.0 Å². The summed E-state index contributed by atoms with van der Waals surface area (Å²) in [6, 6.07) is 13.0. The van der Waals surface area contributed by atoms with Crippen molar-refractivity contribution in [1.82, 2.24) is 0 Å². The monoisotopic (exact) mass is 285 g/mol. The number of halogens is 1. The second-order valence-corrected chi connectivity index (χ2v) is 6.50. The van der Waals surface area contributed by atoms with Gasteiger partial charge >= 0.3 is 0 Å². The van der Waals surface area contributed by atoms with E-state index in [9.17, 15) is 4.39 Å². The Labute approximate surface area is 125 Å². The molecular formula is C18H20FNO. The Balaban J connectivity index is 1.83. The van der Waals surface area contributed by atoms with E-state index in [0.29, 0.717) is 12.3 Å². The summed E-state index contributed by atoms with van der Waals surface area (Å²) in [5.41, 5.74) is 3.38. The normalized spacial score (nSPS) is 17.6. The summed E-state index contributed by atoms with van der Waals surface area (Å²) < 4.78 is 19.2. The van der Waals surface area contributed by atoms with Gasteiger partial charge in [0, 0.05) is 6.07 Å². The van der Waals surface area contributed by atoms with Crippen molar-refractivity contribution in [3.63, 3.8) is 0 Å². The molecule has 0 saturated heterocycles. The highest BCUT2D eigenvalue weighted by atomic mass is 19.1. The quantitative estimate of drug-likeness (QED) is 0.822. The van der Waals surface area contributed by atoms with Crippen LogP contribution in [0.5, 0.6) is 5.75 Å². The highest BCUT2D eigenvalue weighted by Crippen LogP contribution is 2.35. The molecule has 1 unspecified atom stereocenters. The fraction of sp³-hybridized carbons (Fsp3) is 0.333. The van der Waals surface area contributed by atoms with E-state index in [1.807, 2.05) is 0 Å². The number of nitrogens with one attached hydrogen (secondary N) is 1. The van der Waals surface area contributed by atoms with Crippen molar-refractivity contribution in [3.05, 3.63) is 59.4 Å². The summed E-state index contributed by atoms with van der Waals surface area (Å²) in [5.74, 6) is 0.297.